The lowest BCUT2D eigenvalue weighted by Crippen LogP contribution is -2.48. The Hall–Kier alpha value is -3.59. The van der Waals surface area contributed by atoms with Crippen LogP contribution in [-0.2, 0) is 9.59 Å². The van der Waals surface area contributed by atoms with E-state index in [9.17, 15) is 14.4 Å². The van der Waals surface area contributed by atoms with Gasteiger partial charge in [0.25, 0.3) is 5.91 Å². The molecule has 0 saturated carbocycles. The van der Waals surface area contributed by atoms with Crippen LogP contribution in [0.25, 0.3) is 0 Å². The number of amides is 3. The van der Waals surface area contributed by atoms with Gasteiger partial charge in [0, 0.05) is 29.7 Å². The van der Waals surface area contributed by atoms with Crippen LogP contribution in [0.1, 0.15) is 23.9 Å². The summed E-state index contributed by atoms with van der Waals surface area (Å²) in [7, 11) is 0. The number of anilines is 2. The summed E-state index contributed by atoms with van der Waals surface area (Å²) in [6.07, 6.45) is 3.58. The Balaban J connectivity index is 1.35. The summed E-state index contributed by atoms with van der Waals surface area (Å²) in [5.41, 5.74) is 4.93. The van der Waals surface area contributed by atoms with Gasteiger partial charge in [-0.05, 0) is 43.3 Å². The molecule has 3 amide bonds. The molecule has 28 heavy (non-hydrogen) atoms. The summed E-state index contributed by atoms with van der Waals surface area (Å²) in [6, 6.07) is 9.03. The summed E-state index contributed by atoms with van der Waals surface area (Å²) in [5, 5.41) is 9.95. The van der Waals surface area contributed by atoms with Crippen LogP contribution in [-0.4, -0.2) is 34.8 Å². The number of fused-ring (bicyclic) bond motifs is 1. The number of hydrogen-bond acceptors (Lipinski definition) is 6. The Morgan fingerprint density at radius 1 is 1.14 bits per heavy atom. The number of nitrogens with zero attached hydrogens (tertiary/aromatic N) is 1. The van der Waals surface area contributed by atoms with Crippen molar-refractivity contribution >= 4 is 29.1 Å². The normalized spacial score (nSPS) is 20.8. The van der Waals surface area contributed by atoms with Crippen LogP contribution < -0.4 is 21.4 Å². The molecule has 9 heteroatoms. The topological polar surface area (TPSA) is 116 Å². The minimum Gasteiger partial charge on any atom is -0.459 e. The second-order valence-electron chi connectivity index (χ2n) is 6.64. The van der Waals surface area contributed by atoms with Gasteiger partial charge in [-0.25, -0.2) is 5.43 Å². The number of carbonyl (C=O) groups excluding carboxylic acids is 3. The van der Waals surface area contributed by atoms with Crippen LogP contribution in [0.4, 0.5) is 11.4 Å². The molecule has 0 bridgehead atoms. The van der Waals surface area contributed by atoms with E-state index >= 15 is 0 Å². The average molecular weight is 381 g/mol. The van der Waals surface area contributed by atoms with Crippen molar-refractivity contribution in [2.75, 3.05) is 10.6 Å². The van der Waals surface area contributed by atoms with E-state index < -0.39 is 12.1 Å². The Kier molecular flexibility index (Phi) is 4.58. The lowest BCUT2D eigenvalue weighted by Gasteiger charge is -2.27. The zero-order valence-electron chi connectivity index (χ0n) is 15.1. The molecule has 3 heterocycles. The van der Waals surface area contributed by atoms with Gasteiger partial charge in [-0.1, -0.05) is 0 Å². The van der Waals surface area contributed by atoms with Crippen molar-refractivity contribution in [3.63, 3.8) is 0 Å². The summed E-state index contributed by atoms with van der Waals surface area (Å²) >= 11 is 0. The monoisotopic (exact) mass is 381 g/mol. The summed E-state index contributed by atoms with van der Waals surface area (Å²) in [4.78, 5) is 36.5. The fourth-order valence-corrected chi connectivity index (χ4v) is 3.17. The van der Waals surface area contributed by atoms with Gasteiger partial charge in [-0.3, -0.25) is 14.4 Å². The van der Waals surface area contributed by atoms with Crippen LogP contribution >= 0.6 is 0 Å². The van der Waals surface area contributed by atoms with Crippen molar-refractivity contribution < 1.29 is 18.8 Å². The Morgan fingerprint density at radius 3 is 2.54 bits per heavy atom. The predicted octanol–water partition coefficient (Wildman–Crippen LogP) is 1.41. The van der Waals surface area contributed by atoms with E-state index in [4.69, 9.17) is 4.42 Å². The molecule has 0 aliphatic carbocycles. The fraction of sp³-hybridized carbons (Fsp3) is 0.211. The zero-order chi connectivity index (χ0) is 19.7. The number of nitrogens with one attached hydrogen (secondary N) is 4. The lowest BCUT2D eigenvalue weighted by atomic mass is 10.1. The number of allylic oxidation sites excluding steroid dienone is 1. The molecule has 1 saturated heterocycles. The molecule has 4 rings (SSSR count). The van der Waals surface area contributed by atoms with E-state index in [0.717, 1.165) is 5.70 Å². The maximum Gasteiger partial charge on any atom is 0.291 e. The van der Waals surface area contributed by atoms with E-state index in [1.54, 1.807) is 54.5 Å². The van der Waals surface area contributed by atoms with E-state index in [1.165, 1.54) is 6.26 Å². The minimum absolute atomic E-state index is 0.126. The van der Waals surface area contributed by atoms with Gasteiger partial charge in [-0.15, -0.1) is 0 Å². The molecule has 0 radical (unpaired) electrons. The van der Waals surface area contributed by atoms with Crippen LogP contribution in [0.3, 0.4) is 0 Å². The van der Waals surface area contributed by atoms with Crippen molar-refractivity contribution in [3.8, 4) is 0 Å². The molecular weight excluding hydrogens is 362 g/mol. The third-order valence-electron chi connectivity index (χ3n) is 4.53. The molecule has 1 aromatic carbocycles. The second-order valence-corrected chi connectivity index (χ2v) is 6.64. The molecule has 2 aromatic rings. The fourth-order valence-electron chi connectivity index (χ4n) is 3.17. The van der Waals surface area contributed by atoms with Crippen molar-refractivity contribution in [2.24, 2.45) is 0 Å². The average Bonchev–Trinajstić information content (AvgIpc) is 3.33. The maximum absolute atomic E-state index is 12.5. The molecule has 4 N–H and O–H groups in total. The van der Waals surface area contributed by atoms with Crippen molar-refractivity contribution in [1.29, 1.82) is 0 Å². The first-order chi connectivity index (χ1) is 13.5. The third kappa shape index (κ3) is 3.60. The van der Waals surface area contributed by atoms with Crippen molar-refractivity contribution in [1.82, 2.24) is 15.8 Å². The van der Waals surface area contributed by atoms with E-state index in [0.29, 0.717) is 17.8 Å². The molecule has 2 atom stereocenters. The number of carbonyl (C=O) groups is 3. The van der Waals surface area contributed by atoms with Crippen LogP contribution in [0, 0.1) is 0 Å². The lowest BCUT2D eigenvalue weighted by molar-refractivity contribution is -0.125. The van der Waals surface area contributed by atoms with Crippen molar-refractivity contribution in [2.45, 2.75) is 25.4 Å². The van der Waals surface area contributed by atoms with E-state index in [1.807, 2.05) is 0 Å². The zero-order valence-corrected chi connectivity index (χ0v) is 15.1. The van der Waals surface area contributed by atoms with Gasteiger partial charge in [-0.2, -0.15) is 0 Å². The largest absolute Gasteiger partial charge is 0.459 e. The number of rotatable bonds is 4. The minimum atomic E-state index is -0.517. The highest BCUT2D eigenvalue weighted by Crippen LogP contribution is 2.21. The highest BCUT2D eigenvalue weighted by Gasteiger charge is 2.40. The second kappa shape index (κ2) is 7.20. The molecule has 1 fully saturated rings. The highest BCUT2D eigenvalue weighted by molar-refractivity contribution is 6.02. The SMILES string of the molecule is CC1=CN2NC(C(=O)Nc3ccc(NC(=O)c4ccco4)cc3)CC2C(=O)N1. The van der Waals surface area contributed by atoms with Gasteiger partial charge in [0.15, 0.2) is 5.76 Å². The van der Waals surface area contributed by atoms with Gasteiger partial charge in [0.1, 0.15) is 12.1 Å². The maximum atomic E-state index is 12.5. The molecule has 1 aromatic heterocycles. The van der Waals surface area contributed by atoms with Gasteiger partial charge in [0.05, 0.1) is 6.26 Å². The number of furan rings is 1. The van der Waals surface area contributed by atoms with Gasteiger partial charge in [0.2, 0.25) is 11.8 Å². The Labute approximate surface area is 160 Å². The molecule has 2 unspecified atom stereocenters. The Morgan fingerprint density at radius 2 is 1.86 bits per heavy atom. The summed E-state index contributed by atoms with van der Waals surface area (Å²) < 4.78 is 5.04. The van der Waals surface area contributed by atoms with E-state index in [2.05, 4.69) is 21.4 Å². The standard InChI is InChI=1S/C19H19N5O4/c1-11-10-24-15(18(26)20-11)9-14(23-24)17(25)21-12-4-6-13(7-5-12)22-19(27)16-3-2-8-28-16/h2-8,10,14-15,23H,9H2,1H3,(H,20,26)(H,21,25)(H,22,27). The Bertz CT molecular complexity index is 936. The molecular formula is C19H19N5O4. The molecule has 9 nitrogen and oxygen atoms in total. The van der Waals surface area contributed by atoms with Crippen molar-refractivity contribution in [3.05, 3.63) is 60.3 Å². The molecule has 2 aliphatic heterocycles. The smallest absolute Gasteiger partial charge is 0.291 e. The van der Waals surface area contributed by atoms with Gasteiger partial charge < -0.3 is 25.4 Å². The van der Waals surface area contributed by atoms with Crippen LogP contribution in [0.2, 0.25) is 0 Å². The van der Waals surface area contributed by atoms with E-state index in [-0.39, 0.29) is 23.5 Å². The van der Waals surface area contributed by atoms with Gasteiger partial charge >= 0.3 is 0 Å². The molecule has 2 aliphatic rings. The van der Waals surface area contributed by atoms with Crippen LogP contribution in [0.5, 0.6) is 0 Å². The quantitative estimate of drug-likeness (QED) is 0.636. The molecule has 0 spiro atoms. The number of hydrazine groups is 1. The first-order valence-corrected chi connectivity index (χ1v) is 8.79. The first kappa shape index (κ1) is 17.8. The number of hydrogen-bond donors (Lipinski definition) is 4. The predicted molar refractivity (Wildman–Crippen MR) is 101 cm³/mol. The molecule has 144 valence electrons. The first-order valence-electron chi connectivity index (χ1n) is 8.79. The highest BCUT2D eigenvalue weighted by atomic mass is 16.3. The third-order valence-corrected chi connectivity index (χ3v) is 4.53. The van der Waals surface area contributed by atoms with Crippen LogP contribution in [0.15, 0.2) is 59.0 Å². The summed E-state index contributed by atoms with van der Waals surface area (Å²) in [6.45, 7) is 1.79. The number of benzene rings is 1. The summed E-state index contributed by atoms with van der Waals surface area (Å²) in [5.74, 6) is -0.496.